The number of benzene rings is 1. The SMILES string of the molecule is [B]c1ccc(-c2nn(-c3c(C)ccc(O)c3C)c(N)c2C(N)=O)o1. The molecule has 0 saturated carbocycles. The standard InChI is InChI=1S/C16H15BN4O3/c1-7-3-4-9(22)8(2)14(7)21-15(18)12(16(19)23)13(20-21)10-5-6-11(17)24-10/h3-6,22H,18H2,1-2H3,(H2,19,23). The first kappa shape index (κ1) is 15.7. The number of amides is 1. The number of hydrogen-bond donors (Lipinski definition) is 3. The van der Waals surface area contributed by atoms with E-state index < -0.39 is 5.91 Å². The summed E-state index contributed by atoms with van der Waals surface area (Å²) in [6.07, 6.45) is 0. The van der Waals surface area contributed by atoms with Gasteiger partial charge in [0.25, 0.3) is 5.91 Å². The molecule has 0 bridgehead atoms. The van der Waals surface area contributed by atoms with Gasteiger partial charge in [0.2, 0.25) is 0 Å². The zero-order chi connectivity index (χ0) is 17.6. The van der Waals surface area contributed by atoms with Crippen LogP contribution in [0.1, 0.15) is 21.5 Å². The molecule has 24 heavy (non-hydrogen) atoms. The van der Waals surface area contributed by atoms with Crippen molar-refractivity contribution in [1.29, 1.82) is 0 Å². The maximum Gasteiger partial charge on any atom is 0.254 e. The molecule has 5 N–H and O–H groups in total. The molecule has 120 valence electrons. The van der Waals surface area contributed by atoms with Gasteiger partial charge in [0.05, 0.1) is 5.69 Å². The van der Waals surface area contributed by atoms with E-state index >= 15 is 0 Å². The van der Waals surface area contributed by atoms with Crippen molar-refractivity contribution in [3.05, 3.63) is 41.0 Å². The minimum absolute atomic E-state index is 0.0338. The van der Waals surface area contributed by atoms with Crippen LogP contribution in [0.15, 0.2) is 28.7 Å². The lowest BCUT2D eigenvalue weighted by molar-refractivity contribution is 0.100. The number of nitrogen functional groups attached to an aromatic ring is 1. The zero-order valence-electron chi connectivity index (χ0n) is 13.2. The van der Waals surface area contributed by atoms with Crippen molar-refractivity contribution in [2.24, 2.45) is 5.73 Å². The van der Waals surface area contributed by atoms with E-state index in [0.717, 1.165) is 5.56 Å². The number of furan rings is 1. The van der Waals surface area contributed by atoms with E-state index in [4.69, 9.17) is 23.7 Å². The molecular formula is C16H15BN4O3. The molecular weight excluding hydrogens is 307 g/mol. The molecule has 0 fully saturated rings. The second-order valence-electron chi connectivity index (χ2n) is 5.46. The van der Waals surface area contributed by atoms with Gasteiger partial charge < -0.3 is 21.0 Å². The Hall–Kier alpha value is -3.16. The molecule has 2 heterocycles. The van der Waals surface area contributed by atoms with Gasteiger partial charge in [-0.15, -0.1) is 0 Å². The highest BCUT2D eigenvalue weighted by Crippen LogP contribution is 2.33. The van der Waals surface area contributed by atoms with Crippen LogP contribution in [0, 0.1) is 13.8 Å². The van der Waals surface area contributed by atoms with Gasteiger partial charge in [0.15, 0.2) is 13.6 Å². The van der Waals surface area contributed by atoms with E-state index in [1.165, 1.54) is 4.68 Å². The smallest absolute Gasteiger partial charge is 0.254 e. The van der Waals surface area contributed by atoms with Gasteiger partial charge in [-0.05, 0) is 37.6 Å². The molecule has 2 aromatic heterocycles. The average molecular weight is 322 g/mol. The molecule has 3 aromatic rings. The summed E-state index contributed by atoms with van der Waals surface area (Å²) < 4.78 is 6.71. The van der Waals surface area contributed by atoms with Crippen LogP contribution < -0.4 is 17.1 Å². The molecule has 1 amide bonds. The van der Waals surface area contributed by atoms with Gasteiger partial charge in [-0.2, -0.15) is 5.10 Å². The van der Waals surface area contributed by atoms with Crippen LogP contribution in [0.4, 0.5) is 5.82 Å². The molecule has 7 nitrogen and oxygen atoms in total. The third-order valence-corrected chi connectivity index (χ3v) is 3.84. The summed E-state index contributed by atoms with van der Waals surface area (Å²) in [4.78, 5) is 11.9. The predicted molar refractivity (Wildman–Crippen MR) is 90.7 cm³/mol. The van der Waals surface area contributed by atoms with E-state index in [9.17, 15) is 9.90 Å². The van der Waals surface area contributed by atoms with Gasteiger partial charge in [-0.3, -0.25) is 4.79 Å². The van der Waals surface area contributed by atoms with Crippen molar-refractivity contribution in [2.45, 2.75) is 13.8 Å². The lowest BCUT2D eigenvalue weighted by Crippen LogP contribution is -2.14. The minimum atomic E-state index is -0.737. The number of rotatable bonds is 3. The number of nitrogens with zero attached hydrogens (tertiary/aromatic N) is 2. The Morgan fingerprint density at radius 3 is 2.58 bits per heavy atom. The first-order chi connectivity index (χ1) is 11.3. The molecule has 0 aliphatic heterocycles. The fourth-order valence-electron chi connectivity index (χ4n) is 2.65. The number of carbonyl (C=O) groups excluding carboxylic acids is 1. The normalized spacial score (nSPS) is 10.9. The topological polar surface area (TPSA) is 120 Å². The zero-order valence-corrected chi connectivity index (χ0v) is 13.2. The highest BCUT2D eigenvalue weighted by Gasteiger charge is 2.25. The maximum atomic E-state index is 11.9. The summed E-state index contributed by atoms with van der Waals surface area (Å²) in [5.41, 5.74) is 13.9. The van der Waals surface area contributed by atoms with Crippen LogP contribution in [0.25, 0.3) is 17.1 Å². The number of aromatic hydroxyl groups is 1. The Labute approximate surface area is 139 Å². The highest BCUT2D eigenvalue weighted by molar-refractivity contribution is 6.30. The third-order valence-electron chi connectivity index (χ3n) is 3.84. The summed E-state index contributed by atoms with van der Waals surface area (Å²) in [7, 11) is 5.58. The van der Waals surface area contributed by atoms with Crippen LogP contribution >= 0.6 is 0 Å². The minimum Gasteiger partial charge on any atom is -0.508 e. The summed E-state index contributed by atoms with van der Waals surface area (Å²) in [5.74, 6) is -0.305. The number of anilines is 1. The Morgan fingerprint density at radius 2 is 2.00 bits per heavy atom. The van der Waals surface area contributed by atoms with Crippen molar-refractivity contribution in [1.82, 2.24) is 9.78 Å². The second-order valence-corrected chi connectivity index (χ2v) is 5.46. The third kappa shape index (κ3) is 2.32. The van der Waals surface area contributed by atoms with Crippen LogP contribution in [-0.2, 0) is 0 Å². The summed E-state index contributed by atoms with van der Waals surface area (Å²) in [6, 6.07) is 6.43. The number of aryl methyl sites for hydroxylation is 1. The molecule has 2 radical (unpaired) electrons. The molecule has 0 aliphatic carbocycles. The lowest BCUT2D eigenvalue weighted by Gasteiger charge is -2.12. The Balaban J connectivity index is 2.32. The average Bonchev–Trinajstić information content (AvgIpc) is 3.08. The quantitative estimate of drug-likeness (QED) is 0.620. The first-order valence-electron chi connectivity index (χ1n) is 7.14. The molecule has 8 heteroatoms. The van der Waals surface area contributed by atoms with E-state index in [1.54, 1.807) is 31.2 Å². The fourth-order valence-corrected chi connectivity index (χ4v) is 2.65. The van der Waals surface area contributed by atoms with Crippen molar-refractivity contribution in [3.63, 3.8) is 0 Å². The number of primary amides is 1. The van der Waals surface area contributed by atoms with Gasteiger partial charge in [-0.25, -0.2) is 4.68 Å². The number of nitrogens with two attached hydrogens (primary N) is 2. The van der Waals surface area contributed by atoms with E-state index in [0.29, 0.717) is 11.3 Å². The van der Waals surface area contributed by atoms with Gasteiger partial charge in [0.1, 0.15) is 22.8 Å². The molecule has 0 spiro atoms. The summed E-state index contributed by atoms with van der Waals surface area (Å²) in [6.45, 7) is 3.57. The van der Waals surface area contributed by atoms with Crippen molar-refractivity contribution >= 4 is 25.2 Å². The fraction of sp³-hybridized carbons (Fsp3) is 0.125. The Morgan fingerprint density at radius 1 is 1.29 bits per heavy atom. The number of hydrogen-bond acceptors (Lipinski definition) is 5. The Kier molecular flexibility index (Phi) is 3.59. The largest absolute Gasteiger partial charge is 0.508 e. The maximum absolute atomic E-state index is 11.9. The number of carbonyl (C=O) groups is 1. The lowest BCUT2D eigenvalue weighted by atomic mass is 10.1. The molecule has 0 saturated heterocycles. The highest BCUT2D eigenvalue weighted by atomic mass is 16.3. The predicted octanol–water partition coefficient (Wildman–Crippen LogP) is 0.930. The number of phenols is 1. The second kappa shape index (κ2) is 5.49. The number of aromatic nitrogens is 2. The molecule has 0 unspecified atom stereocenters. The van der Waals surface area contributed by atoms with E-state index in [-0.39, 0.29) is 34.2 Å². The monoisotopic (exact) mass is 322 g/mol. The van der Waals surface area contributed by atoms with Gasteiger partial charge in [0, 0.05) is 11.2 Å². The number of phenolic OH excluding ortho intramolecular Hbond substituents is 1. The summed E-state index contributed by atoms with van der Waals surface area (Å²) in [5, 5.41) is 14.4. The van der Waals surface area contributed by atoms with Crippen LogP contribution in [-0.4, -0.2) is 28.6 Å². The van der Waals surface area contributed by atoms with Crippen LogP contribution in [0.3, 0.4) is 0 Å². The van der Waals surface area contributed by atoms with Crippen LogP contribution in [0.5, 0.6) is 5.75 Å². The van der Waals surface area contributed by atoms with E-state index in [1.807, 2.05) is 6.92 Å². The van der Waals surface area contributed by atoms with Gasteiger partial charge in [-0.1, -0.05) is 6.07 Å². The van der Waals surface area contributed by atoms with Crippen molar-refractivity contribution in [2.75, 3.05) is 5.73 Å². The van der Waals surface area contributed by atoms with Crippen molar-refractivity contribution < 1.29 is 14.3 Å². The molecule has 0 atom stereocenters. The summed E-state index contributed by atoms with van der Waals surface area (Å²) >= 11 is 0. The first-order valence-corrected chi connectivity index (χ1v) is 7.14. The Bertz CT molecular complexity index is 959. The van der Waals surface area contributed by atoms with E-state index in [2.05, 4.69) is 5.10 Å². The molecule has 1 aromatic carbocycles. The molecule has 0 aliphatic rings. The van der Waals surface area contributed by atoms with Gasteiger partial charge >= 0.3 is 0 Å². The van der Waals surface area contributed by atoms with Crippen molar-refractivity contribution in [3.8, 4) is 22.9 Å². The molecule has 3 rings (SSSR count). The van der Waals surface area contributed by atoms with Crippen LogP contribution in [0.2, 0.25) is 0 Å².